The van der Waals surface area contributed by atoms with E-state index in [2.05, 4.69) is 0 Å². The number of amides is 1. The Morgan fingerprint density at radius 3 is 2.47 bits per heavy atom. The third-order valence-electron chi connectivity index (χ3n) is 2.82. The summed E-state index contributed by atoms with van der Waals surface area (Å²) in [6.45, 7) is 0.533. The number of carbonyl (C=O) groups excluding carboxylic acids is 1. The molecule has 3 nitrogen and oxygen atoms in total. The highest BCUT2D eigenvalue weighted by Crippen LogP contribution is 2.28. The van der Waals surface area contributed by atoms with Crippen LogP contribution in [0.2, 0.25) is 0 Å². The molecule has 1 aromatic rings. The second-order valence-electron chi connectivity index (χ2n) is 4.03. The lowest BCUT2D eigenvalue weighted by Crippen LogP contribution is -2.26. The van der Waals surface area contributed by atoms with Crippen molar-refractivity contribution in [1.29, 1.82) is 0 Å². The molecule has 2 N–H and O–H groups in total. The number of hydrogen-bond donors (Lipinski definition) is 1. The third kappa shape index (κ3) is 2.12. The molecule has 1 atom stereocenters. The molecule has 0 saturated carbocycles. The Morgan fingerprint density at radius 1 is 1.24 bits per heavy atom. The number of nitrogens with two attached hydrogens (primary N) is 1. The first-order chi connectivity index (χ1) is 8.02. The predicted molar refractivity (Wildman–Crippen MR) is 55.8 cm³/mol. The molecule has 1 aromatic carbocycles. The van der Waals surface area contributed by atoms with E-state index in [0.29, 0.717) is 18.7 Å². The first kappa shape index (κ1) is 11.9. The number of nitrogens with zero attached hydrogens (tertiary/aromatic N) is 1. The molecule has 1 saturated heterocycles. The van der Waals surface area contributed by atoms with Gasteiger partial charge in [0, 0.05) is 25.1 Å². The van der Waals surface area contributed by atoms with Crippen LogP contribution in [0, 0.1) is 23.4 Å². The van der Waals surface area contributed by atoms with Crippen molar-refractivity contribution in [2.75, 3.05) is 18.0 Å². The molecule has 2 rings (SSSR count). The van der Waals surface area contributed by atoms with Gasteiger partial charge in [0.2, 0.25) is 5.91 Å². The van der Waals surface area contributed by atoms with E-state index < -0.39 is 17.5 Å². The summed E-state index contributed by atoms with van der Waals surface area (Å²) in [4.78, 5) is 12.7. The highest BCUT2D eigenvalue weighted by atomic mass is 19.2. The Labute approximate surface area is 96.0 Å². The molecule has 1 heterocycles. The fourth-order valence-corrected chi connectivity index (χ4v) is 1.89. The molecular weight excluding hydrogens is 233 g/mol. The first-order valence-corrected chi connectivity index (χ1v) is 5.18. The maximum absolute atomic E-state index is 13.5. The Morgan fingerprint density at radius 2 is 1.88 bits per heavy atom. The molecular formula is C11H11F3N2O. The minimum Gasteiger partial charge on any atom is -0.330 e. The topological polar surface area (TPSA) is 46.3 Å². The van der Waals surface area contributed by atoms with Crippen LogP contribution in [-0.2, 0) is 4.79 Å². The zero-order chi connectivity index (χ0) is 12.6. The van der Waals surface area contributed by atoms with Gasteiger partial charge >= 0.3 is 0 Å². The SMILES string of the molecule is NCC1CC(=O)N(c2cc(F)c(F)cc2F)C1. The van der Waals surface area contributed by atoms with Gasteiger partial charge in [0.15, 0.2) is 11.6 Å². The monoisotopic (exact) mass is 244 g/mol. The minimum atomic E-state index is -1.27. The van der Waals surface area contributed by atoms with Crippen molar-refractivity contribution in [2.24, 2.45) is 11.7 Å². The van der Waals surface area contributed by atoms with Crippen molar-refractivity contribution in [3.05, 3.63) is 29.6 Å². The largest absolute Gasteiger partial charge is 0.330 e. The van der Waals surface area contributed by atoms with E-state index in [0.717, 1.165) is 4.90 Å². The normalized spacial score (nSPS) is 20.1. The van der Waals surface area contributed by atoms with E-state index in [1.54, 1.807) is 0 Å². The number of carbonyl (C=O) groups is 1. The zero-order valence-corrected chi connectivity index (χ0v) is 8.92. The molecule has 0 aromatic heterocycles. The van der Waals surface area contributed by atoms with Crippen LogP contribution in [0.3, 0.4) is 0 Å². The van der Waals surface area contributed by atoms with E-state index >= 15 is 0 Å². The van der Waals surface area contributed by atoms with Gasteiger partial charge in [-0.2, -0.15) is 0 Å². The van der Waals surface area contributed by atoms with E-state index in [4.69, 9.17) is 5.73 Å². The summed E-state index contributed by atoms with van der Waals surface area (Å²) in [7, 11) is 0. The molecule has 6 heteroatoms. The van der Waals surface area contributed by atoms with Crippen molar-refractivity contribution in [2.45, 2.75) is 6.42 Å². The maximum Gasteiger partial charge on any atom is 0.227 e. The first-order valence-electron chi connectivity index (χ1n) is 5.18. The van der Waals surface area contributed by atoms with Gasteiger partial charge in [0.1, 0.15) is 5.82 Å². The maximum atomic E-state index is 13.5. The van der Waals surface area contributed by atoms with Crippen molar-refractivity contribution >= 4 is 11.6 Å². The summed E-state index contributed by atoms with van der Waals surface area (Å²) in [5.74, 6) is -3.80. The summed E-state index contributed by atoms with van der Waals surface area (Å²) in [5.41, 5.74) is 5.19. The molecule has 1 aliphatic rings. The van der Waals surface area contributed by atoms with Crippen LogP contribution in [0.15, 0.2) is 12.1 Å². The van der Waals surface area contributed by atoms with Gasteiger partial charge in [-0.05, 0) is 12.5 Å². The quantitative estimate of drug-likeness (QED) is 0.800. The minimum absolute atomic E-state index is 0.0741. The summed E-state index contributed by atoms with van der Waals surface area (Å²) in [5, 5.41) is 0. The lowest BCUT2D eigenvalue weighted by atomic mass is 10.1. The number of halogens is 3. The summed E-state index contributed by atoms with van der Waals surface area (Å²) >= 11 is 0. The summed E-state index contributed by atoms with van der Waals surface area (Å²) in [6, 6.07) is 1.13. The predicted octanol–water partition coefficient (Wildman–Crippen LogP) is 1.42. The number of anilines is 1. The molecule has 92 valence electrons. The Kier molecular flexibility index (Phi) is 3.06. The van der Waals surface area contributed by atoms with Crippen LogP contribution in [0.1, 0.15) is 6.42 Å². The van der Waals surface area contributed by atoms with Gasteiger partial charge in [-0.1, -0.05) is 0 Å². The van der Waals surface area contributed by atoms with Gasteiger partial charge in [0.25, 0.3) is 0 Å². The molecule has 17 heavy (non-hydrogen) atoms. The molecule has 0 aliphatic carbocycles. The molecule has 1 unspecified atom stereocenters. The van der Waals surface area contributed by atoms with E-state index in [1.165, 1.54) is 0 Å². The lowest BCUT2D eigenvalue weighted by molar-refractivity contribution is -0.117. The summed E-state index contributed by atoms with van der Waals surface area (Å²) < 4.78 is 39.2. The van der Waals surface area contributed by atoms with Crippen molar-refractivity contribution in [3.63, 3.8) is 0 Å². The Hall–Kier alpha value is -1.56. The van der Waals surface area contributed by atoms with Crippen LogP contribution in [0.25, 0.3) is 0 Å². The van der Waals surface area contributed by atoms with E-state index in [9.17, 15) is 18.0 Å². The number of hydrogen-bond acceptors (Lipinski definition) is 2. The standard InChI is InChI=1S/C11H11F3N2O/c12-7-2-9(14)10(3-8(7)13)16-5-6(4-15)1-11(16)17/h2-3,6H,1,4-5,15H2. The molecule has 0 radical (unpaired) electrons. The molecule has 1 aliphatic heterocycles. The van der Waals surface area contributed by atoms with Crippen LogP contribution in [0.4, 0.5) is 18.9 Å². The molecule has 0 spiro atoms. The lowest BCUT2D eigenvalue weighted by Gasteiger charge is -2.17. The summed E-state index contributed by atoms with van der Waals surface area (Å²) in [6.07, 6.45) is 0.203. The molecule has 1 fully saturated rings. The van der Waals surface area contributed by atoms with Crippen LogP contribution in [0.5, 0.6) is 0 Å². The molecule has 1 amide bonds. The second kappa shape index (κ2) is 4.37. The third-order valence-corrected chi connectivity index (χ3v) is 2.82. The van der Waals surface area contributed by atoms with Gasteiger partial charge in [-0.3, -0.25) is 4.79 Å². The van der Waals surface area contributed by atoms with E-state index in [1.807, 2.05) is 0 Å². The van der Waals surface area contributed by atoms with Crippen molar-refractivity contribution in [3.8, 4) is 0 Å². The smallest absolute Gasteiger partial charge is 0.227 e. The van der Waals surface area contributed by atoms with Gasteiger partial charge in [-0.15, -0.1) is 0 Å². The van der Waals surface area contributed by atoms with Crippen LogP contribution >= 0.6 is 0 Å². The Bertz CT molecular complexity index is 464. The highest BCUT2D eigenvalue weighted by molar-refractivity contribution is 5.95. The number of rotatable bonds is 2. The number of benzene rings is 1. The van der Waals surface area contributed by atoms with Gasteiger partial charge in [0.05, 0.1) is 5.69 Å². The van der Waals surface area contributed by atoms with Crippen molar-refractivity contribution in [1.82, 2.24) is 0 Å². The average molecular weight is 244 g/mol. The van der Waals surface area contributed by atoms with Crippen molar-refractivity contribution < 1.29 is 18.0 Å². The highest BCUT2D eigenvalue weighted by Gasteiger charge is 2.31. The average Bonchev–Trinajstić information content (AvgIpc) is 2.65. The zero-order valence-electron chi connectivity index (χ0n) is 8.92. The van der Waals surface area contributed by atoms with E-state index in [-0.39, 0.29) is 30.5 Å². The van der Waals surface area contributed by atoms with Gasteiger partial charge < -0.3 is 10.6 Å². The van der Waals surface area contributed by atoms with Gasteiger partial charge in [-0.25, -0.2) is 13.2 Å². The van der Waals surface area contributed by atoms with Crippen LogP contribution in [-0.4, -0.2) is 19.0 Å². The molecule has 0 bridgehead atoms. The second-order valence-corrected chi connectivity index (χ2v) is 4.03. The van der Waals surface area contributed by atoms with Crippen LogP contribution < -0.4 is 10.6 Å². The fourth-order valence-electron chi connectivity index (χ4n) is 1.89. The fraction of sp³-hybridized carbons (Fsp3) is 0.364. The Balaban J connectivity index is 2.35.